The summed E-state index contributed by atoms with van der Waals surface area (Å²) in [6.07, 6.45) is 0.825. The normalized spacial score (nSPS) is 25.9. The first-order valence-corrected chi connectivity index (χ1v) is 4.97. The molecule has 1 heterocycles. The second-order valence-electron chi connectivity index (χ2n) is 3.94. The smallest absolute Gasteiger partial charge is 0.194 e. The van der Waals surface area contributed by atoms with Gasteiger partial charge in [-0.05, 0) is 37.6 Å². The van der Waals surface area contributed by atoms with Gasteiger partial charge in [0.2, 0.25) is 0 Å². The first-order valence-electron chi connectivity index (χ1n) is 4.97. The molecule has 0 aromatic heterocycles. The monoisotopic (exact) mass is 215 g/mol. The highest BCUT2D eigenvalue weighted by atomic mass is 19.2. The number of halogens is 3. The lowest BCUT2D eigenvalue weighted by molar-refractivity contribution is 0.442. The molecule has 82 valence electrons. The van der Waals surface area contributed by atoms with Crippen molar-refractivity contribution in [2.75, 3.05) is 6.54 Å². The van der Waals surface area contributed by atoms with E-state index in [1.165, 1.54) is 0 Å². The van der Waals surface area contributed by atoms with E-state index in [1.54, 1.807) is 0 Å². The molecule has 1 saturated heterocycles. The Bertz CT molecular complexity index is 355. The average molecular weight is 215 g/mol. The maximum atomic E-state index is 13.0. The van der Waals surface area contributed by atoms with Crippen LogP contribution in [0.15, 0.2) is 12.1 Å². The van der Waals surface area contributed by atoms with Crippen molar-refractivity contribution >= 4 is 0 Å². The summed E-state index contributed by atoms with van der Waals surface area (Å²) in [5.41, 5.74) is 0.531. The highest BCUT2D eigenvalue weighted by Crippen LogP contribution is 2.29. The van der Waals surface area contributed by atoms with Gasteiger partial charge < -0.3 is 5.32 Å². The highest BCUT2D eigenvalue weighted by Gasteiger charge is 2.26. The van der Waals surface area contributed by atoms with Crippen molar-refractivity contribution in [1.29, 1.82) is 0 Å². The van der Waals surface area contributed by atoms with Gasteiger partial charge >= 0.3 is 0 Å². The summed E-state index contributed by atoms with van der Waals surface area (Å²) in [5, 5.41) is 3.18. The minimum absolute atomic E-state index is 0.0644. The van der Waals surface area contributed by atoms with E-state index in [4.69, 9.17) is 0 Å². The van der Waals surface area contributed by atoms with Gasteiger partial charge in [-0.2, -0.15) is 0 Å². The summed E-state index contributed by atoms with van der Waals surface area (Å²) in [7, 11) is 0. The highest BCUT2D eigenvalue weighted by molar-refractivity contribution is 5.25. The van der Waals surface area contributed by atoms with Gasteiger partial charge in [-0.1, -0.05) is 0 Å². The maximum Gasteiger partial charge on any atom is 0.194 e. The van der Waals surface area contributed by atoms with Crippen LogP contribution < -0.4 is 5.32 Å². The average Bonchev–Trinajstić information content (AvgIpc) is 2.60. The Balaban J connectivity index is 2.36. The first-order chi connectivity index (χ1) is 7.09. The minimum Gasteiger partial charge on any atom is -0.314 e. The molecule has 1 N–H and O–H groups in total. The Morgan fingerprint density at radius 1 is 1.20 bits per heavy atom. The second-order valence-corrected chi connectivity index (χ2v) is 3.94. The standard InChI is InChI=1S/C11H12F3N/c1-6-8(2-3-15-6)7-4-9(12)11(14)10(13)5-7/h4-6,8,15H,2-3H2,1H3. The van der Waals surface area contributed by atoms with Crippen LogP contribution in [0.1, 0.15) is 24.8 Å². The van der Waals surface area contributed by atoms with E-state index >= 15 is 0 Å². The van der Waals surface area contributed by atoms with Crippen molar-refractivity contribution < 1.29 is 13.2 Å². The van der Waals surface area contributed by atoms with E-state index in [9.17, 15) is 13.2 Å². The van der Waals surface area contributed by atoms with Crippen LogP contribution in [0, 0.1) is 17.5 Å². The van der Waals surface area contributed by atoms with Crippen molar-refractivity contribution in [3.63, 3.8) is 0 Å². The fourth-order valence-electron chi connectivity index (χ4n) is 2.10. The van der Waals surface area contributed by atoms with Crippen molar-refractivity contribution in [3.8, 4) is 0 Å². The predicted molar refractivity (Wildman–Crippen MR) is 51.1 cm³/mol. The Labute approximate surface area is 86.3 Å². The molecular weight excluding hydrogens is 203 g/mol. The molecule has 0 spiro atoms. The summed E-state index contributed by atoms with van der Waals surface area (Å²) >= 11 is 0. The third-order valence-electron chi connectivity index (χ3n) is 2.96. The lowest BCUT2D eigenvalue weighted by Crippen LogP contribution is -2.21. The topological polar surface area (TPSA) is 12.0 Å². The SMILES string of the molecule is CC1NCCC1c1cc(F)c(F)c(F)c1. The van der Waals surface area contributed by atoms with Crippen molar-refractivity contribution in [1.82, 2.24) is 5.32 Å². The van der Waals surface area contributed by atoms with Gasteiger partial charge in [0.25, 0.3) is 0 Å². The van der Waals surface area contributed by atoms with Crippen LogP contribution in [0.4, 0.5) is 13.2 Å². The van der Waals surface area contributed by atoms with Crippen LogP contribution >= 0.6 is 0 Å². The molecule has 1 aromatic rings. The van der Waals surface area contributed by atoms with Crippen LogP contribution in [-0.4, -0.2) is 12.6 Å². The minimum atomic E-state index is -1.39. The van der Waals surface area contributed by atoms with E-state index in [0.29, 0.717) is 5.56 Å². The lowest BCUT2D eigenvalue weighted by atomic mass is 9.93. The third kappa shape index (κ3) is 1.86. The summed E-state index contributed by atoms with van der Waals surface area (Å²) in [4.78, 5) is 0. The Morgan fingerprint density at radius 3 is 2.27 bits per heavy atom. The summed E-state index contributed by atoms with van der Waals surface area (Å²) < 4.78 is 38.7. The molecule has 0 bridgehead atoms. The van der Waals surface area contributed by atoms with Crippen molar-refractivity contribution in [3.05, 3.63) is 35.1 Å². The van der Waals surface area contributed by atoms with E-state index in [-0.39, 0.29) is 12.0 Å². The van der Waals surface area contributed by atoms with Crippen LogP contribution in [0.25, 0.3) is 0 Å². The predicted octanol–water partition coefficient (Wildman–Crippen LogP) is 2.57. The molecule has 2 rings (SSSR count). The fraction of sp³-hybridized carbons (Fsp3) is 0.455. The second kappa shape index (κ2) is 3.85. The van der Waals surface area contributed by atoms with Crippen molar-refractivity contribution in [2.24, 2.45) is 0 Å². The molecule has 1 aromatic carbocycles. The molecule has 2 unspecified atom stereocenters. The molecule has 1 fully saturated rings. The van der Waals surface area contributed by atoms with Gasteiger partial charge in [-0.15, -0.1) is 0 Å². The molecule has 1 nitrogen and oxygen atoms in total. The fourth-order valence-corrected chi connectivity index (χ4v) is 2.10. The van der Waals surface area contributed by atoms with E-state index < -0.39 is 17.5 Å². The molecule has 15 heavy (non-hydrogen) atoms. The van der Waals surface area contributed by atoms with E-state index in [1.807, 2.05) is 6.92 Å². The van der Waals surface area contributed by atoms with Crippen LogP contribution in [0.3, 0.4) is 0 Å². The molecule has 0 saturated carbocycles. The van der Waals surface area contributed by atoms with Crippen LogP contribution in [0.5, 0.6) is 0 Å². The molecule has 0 aliphatic carbocycles. The summed E-state index contributed by atoms with van der Waals surface area (Å²) in [5.74, 6) is -3.54. The van der Waals surface area contributed by atoms with Gasteiger partial charge in [0.1, 0.15) is 0 Å². The lowest BCUT2D eigenvalue weighted by Gasteiger charge is -2.15. The molecule has 1 aliphatic heterocycles. The zero-order chi connectivity index (χ0) is 11.0. The quantitative estimate of drug-likeness (QED) is 0.710. The van der Waals surface area contributed by atoms with Gasteiger partial charge in [-0.25, -0.2) is 13.2 Å². The zero-order valence-electron chi connectivity index (χ0n) is 8.36. The maximum absolute atomic E-state index is 13.0. The van der Waals surface area contributed by atoms with Crippen molar-refractivity contribution in [2.45, 2.75) is 25.3 Å². The van der Waals surface area contributed by atoms with Crippen LogP contribution in [-0.2, 0) is 0 Å². The third-order valence-corrected chi connectivity index (χ3v) is 2.96. The Hall–Kier alpha value is -1.03. The van der Waals surface area contributed by atoms with Gasteiger partial charge in [-0.3, -0.25) is 0 Å². The summed E-state index contributed by atoms with van der Waals surface area (Å²) in [6, 6.07) is 2.35. The zero-order valence-corrected chi connectivity index (χ0v) is 8.36. The number of nitrogens with one attached hydrogen (secondary N) is 1. The molecule has 2 atom stereocenters. The summed E-state index contributed by atoms with van der Waals surface area (Å²) in [6.45, 7) is 2.78. The van der Waals surface area contributed by atoms with Gasteiger partial charge in [0.05, 0.1) is 0 Å². The number of rotatable bonds is 1. The van der Waals surface area contributed by atoms with E-state index in [0.717, 1.165) is 25.1 Å². The molecule has 1 aliphatic rings. The molecule has 0 amide bonds. The van der Waals surface area contributed by atoms with Gasteiger partial charge in [0, 0.05) is 12.0 Å². The Morgan fingerprint density at radius 2 is 1.80 bits per heavy atom. The largest absolute Gasteiger partial charge is 0.314 e. The number of hydrogen-bond acceptors (Lipinski definition) is 1. The molecular formula is C11H12F3N. The van der Waals surface area contributed by atoms with E-state index in [2.05, 4.69) is 5.32 Å². The van der Waals surface area contributed by atoms with Gasteiger partial charge in [0.15, 0.2) is 17.5 Å². The number of benzene rings is 1. The van der Waals surface area contributed by atoms with Crippen LogP contribution in [0.2, 0.25) is 0 Å². The Kier molecular flexibility index (Phi) is 2.69. The molecule has 0 radical (unpaired) electrons. The first kappa shape index (κ1) is 10.5. The number of hydrogen-bond donors (Lipinski definition) is 1. The molecule has 4 heteroatoms.